The third kappa shape index (κ3) is 3.88. The summed E-state index contributed by atoms with van der Waals surface area (Å²) >= 11 is 5.83. The van der Waals surface area contributed by atoms with E-state index in [0.29, 0.717) is 0 Å². The van der Waals surface area contributed by atoms with Gasteiger partial charge in [0.2, 0.25) is 11.8 Å². The van der Waals surface area contributed by atoms with E-state index in [1.54, 1.807) is 18.2 Å². The first-order valence-electron chi connectivity index (χ1n) is 5.33. The molecule has 19 heavy (non-hydrogen) atoms. The van der Waals surface area contributed by atoms with Crippen molar-refractivity contribution in [3.05, 3.63) is 40.2 Å². The van der Waals surface area contributed by atoms with Crippen molar-refractivity contribution in [2.75, 3.05) is 0 Å². The predicted molar refractivity (Wildman–Crippen MR) is 64.1 cm³/mol. The minimum absolute atomic E-state index is 0. The van der Waals surface area contributed by atoms with Gasteiger partial charge in [0, 0.05) is 6.42 Å². The quantitative estimate of drug-likeness (QED) is 0.550. The predicted octanol–water partition coefficient (Wildman–Crippen LogP) is 1.46. The van der Waals surface area contributed by atoms with Crippen LogP contribution in [-0.4, -0.2) is 23.8 Å². The van der Waals surface area contributed by atoms with E-state index in [1.165, 1.54) is 0 Å². The first-order chi connectivity index (χ1) is 8.58. The van der Waals surface area contributed by atoms with Gasteiger partial charge in [-0.15, -0.1) is 41.4 Å². The molecule has 3 amide bonds. The number of imide groups is 1. The fraction of sp³-hybridized carbons (Fsp3) is 0.250. The van der Waals surface area contributed by atoms with Gasteiger partial charge in [-0.2, -0.15) is 0 Å². The van der Waals surface area contributed by atoms with Crippen molar-refractivity contribution in [3.63, 3.8) is 0 Å². The van der Waals surface area contributed by atoms with Gasteiger partial charge in [-0.25, -0.2) is 0 Å². The number of carbonyl (C=O) groups excluding carboxylic acids is 3. The van der Waals surface area contributed by atoms with E-state index in [-0.39, 0.29) is 50.4 Å². The molecular weight excluding hydrogens is 439 g/mol. The van der Waals surface area contributed by atoms with Crippen LogP contribution < -0.4 is 5.32 Å². The number of hydrogen-bond donors (Lipinski definition) is 1. The molecule has 2 rings (SSSR count). The van der Waals surface area contributed by atoms with E-state index < -0.39 is 17.9 Å². The summed E-state index contributed by atoms with van der Waals surface area (Å²) in [5, 5.41) is 6.13. The Morgan fingerprint density at radius 3 is 2.84 bits per heavy atom. The Kier molecular flexibility index (Phi) is 5.70. The molecule has 1 fully saturated rings. The van der Waals surface area contributed by atoms with Crippen LogP contribution in [0.5, 0.6) is 0 Å². The fourth-order valence-corrected chi connectivity index (χ4v) is 1.80. The summed E-state index contributed by atoms with van der Waals surface area (Å²) in [7, 11) is 0. The minimum atomic E-state index is -0.833. The van der Waals surface area contributed by atoms with Crippen molar-refractivity contribution in [3.8, 4) is 0 Å². The summed E-state index contributed by atoms with van der Waals surface area (Å²) in [4.78, 5) is 34.2. The molecule has 1 atom stereocenters. The molecule has 7 heteroatoms. The van der Waals surface area contributed by atoms with Crippen LogP contribution in [0.4, 0.5) is 0 Å². The zero-order valence-corrected chi connectivity index (χ0v) is 13.4. The van der Waals surface area contributed by atoms with E-state index in [1.807, 2.05) is 0 Å². The van der Waals surface area contributed by atoms with Gasteiger partial charge in [0.05, 0.1) is 0 Å². The largest absolute Gasteiger partial charge is 2.00 e. The van der Waals surface area contributed by atoms with Gasteiger partial charge in [0.25, 0.3) is 0 Å². The van der Waals surface area contributed by atoms with E-state index in [0.717, 1.165) is 0 Å². The number of amides is 3. The molecule has 0 aromatic heterocycles. The molecule has 1 aromatic carbocycles. The second-order valence-corrected chi connectivity index (χ2v) is 4.20. The summed E-state index contributed by atoms with van der Waals surface area (Å²) in [5.41, 5.74) is 0.129. The zero-order chi connectivity index (χ0) is 13.1. The van der Waals surface area contributed by atoms with E-state index in [4.69, 9.17) is 11.6 Å². The third-order valence-corrected chi connectivity index (χ3v) is 2.82. The first-order valence-corrected chi connectivity index (χ1v) is 5.71. The van der Waals surface area contributed by atoms with Gasteiger partial charge in [0.1, 0.15) is 0 Å². The molecule has 1 N–H and O–H groups in total. The van der Waals surface area contributed by atoms with Gasteiger partial charge >= 0.3 is 21.1 Å². The molecule has 1 unspecified atom stereocenters. The van der Waals surface area contributed by atoms with Crippen LogP contribution in [0.3, 0.4) is 0 Å². The molecule has 1 aromatic rings. The van der Waals surface area contributed by atoms with Crippen molar-refractivity contribution in [2.45, 2.75) is 18.9 Å². The number of carbonyl (C=O) groups is 3. The Balaban J connectivity index is 0.00000180. The molecule has 5 nitrogen and oxygen atoms in total. The van der Waals surface area contributed by atoms with Gasteiger partial charge in [0.15, 0.2) is 0 Å². The average Bonchev–Trinajstić information content (AvgIpc) is 2.33. The fourth-order valence-electron chi connectivity index (χ4n) is 1.59. The molecule has 1 aliphatic heterocycles. The Labute approximate surface area is 129 Å². The Hall–Kier alpha value is -1.19. The normalized spacial score (nSPS) is 18.3. The van der Waals surface area contributed by atoms with E-state index in [9.17, 15) is 14.4 Å². The molecular formula is C12H9ClN2O3W. The zero-order valence-electron chi connectivity index (χ0n) is 9.68. The SMILES string of the molecule is O=C1CCC([N-]C(=O)c2[c-]cccc2Cl)C(=O)N1.[W+2]. The Morgan fingerprint density at radius 2 is 2.21 bits per heavy atom. The molecule has 1 heterocycles. The Bertz CT molecular complexity index is 521. The summed E-state index contributed by atoms with van der Waals surface area (Å²) in [6.07, 6.45) is 0.417. The molecule has 1 saturated heterocycles. The number of halogens is 1. The van der Waals surface area contributed by atoms with Crippen LogP contribution in [0.2, 0.25) is 5.02 Å². The minimum Gasteiger partial charge on any atom is -0.684 e. The average molecular weight is 449 g/mol. The summed E-state index contributed by atoms with van der Waals surface area (Å²) in [6.45, 7) is 0. The van der Waals surface area contributed by atoms with Gasteiger partial charge in [-0.05, 0) is 23.4 Å². The monoisotopic (exact) mass is 448 g/mol. The van der Waals surface area contributed by atoms with Crippen LogP contribution in [-0.2, 0) is 30.7 Å². The van der Waals surface area contributed by atoms with Crippen LogP contribution in [0.25, 0.3) is 5.32 Å². The molecule has 0 saturated carbocycles. The molecule has 1 aliphatic rings. The maximum Gasteiger partial charge on any atom is 2.00 e. The first kappa shape index (κ1) is 15.9. The molecule has 0 spiro atoms. The number of nitrogens with one attached hydrogen (secondary N) is 1. The molecule has 0 bridgehead atoms. The molecule has 0 radical (unpaired) electrons. The van der Waals surface area contributed by atoms with E-state index in [2.05, 4.69) is 16.7 Å². The van der Waals surface area contributed by atoms with Crippen LogP contribution in [0.15, 0.2) is 18.2 Å². The number of nitrogens with zero attached hydrogens (tertiary/aromatic N) is 1. The topological polar surface area (TPSA) is 77.3 Å². The van der Waals surface area contributed by atoms with Crippen molar-refractivity contribution in [1.82, 2.24) is 5.32 Å². The molecule has 98 valence electrons. The smallest absolute Gasteiger partial charge is 0.684 e. The molecule has 0 aliphatic carbocycles. The van der Waals surface area contributed by atoms with Gasteiger partial charge in [-0.1, -0.05) is 0 Å². The van der Waals surface area contributed by atoms with Gasteiger partial charge < -0.3 is 10.1 Å². The van der Waals surface area contributed by atoms with Crippen molar-refractivity contribution >= 4 is 29.3 Å². The van der Waals surface area contributed by atoms with Crippen LogP contribution >= 0.6 is 11.6 Å². The maximum absolute atomic E-state index is 11.8. The van der Waals surface area contributed by atoms with Crippen LogP contribution in [0.1, 0.15) is 23.2 Å². The van der Waals surface area contributed by atoms with Crippen LogP contribution in [0, 0.1) is 6.07 Å². The van der Waals surface area contributed by atoms with E-state index >= 15 is 0 Å². The number of benzene rings is 1. The summed E-state index contributed by atoms with van der Waals surface area (Å²) < 4.78 is 0. The Morgan fingerprint density at radius 1 is 1.47 bits per heavy atom. The number of rotatable bonds is 2. The summed E-state index contributed by atoms with van der Waals surface area (Å²) in [6, 6.07) is 6.57. The number of hydrogen-bond acceptors (Lipinski definition) is 3. The standard InChI is InChI=1S/C12H10ClN2O3.W/c13-8-4-2-1-3-7(8)11(17)14-9-5-6-10(16)15-12(9)18;/h1-2,4,9H,5-6H2,(H2,14,15,16,17,18);/q-1;+2/p-1. The number of piperidine rings is 1. The maximum atomic E-state index is 11.8. The van der Waals surface area contributed by atoms with Gasteiger partial charge in [-0.3, -0.25) is 14.9 Å². The van der Waals surface area contributed by atoms with Crippen molar-refractivity contribution < 1.29 is 35.4 Å². The second kappa shape index (κ2) is 6.82. The second-order valence-electron chi connectivity index (χ2n) is 3.79. The third-order valence-electron chi connectivity index (χ3n) is 2.50. The van der Waals surface area contributed by atoms with Crippen molar-refractivity contribution in [2.24, 2.45) is 0 Å². The summed E-state index contributed by atoms with van der Waals surface area (Å²) in [5.74, 6) is -1.50. The van der Waals surface area contributed by atoms with Crippen molar-refractivity contribution in [1.29, 1.82) is 0 Å².